The fourth-order valence-corrected chi connectivity index (χ4v) is 3.13. The van der Waals surface area contributed by atoms with E-state index in [9.17, 15) is 0 Å². The summed E-state index contributed by atoms with van der Waals surface area (Å²) < 4.78 is 0. The van der Waals surface area contributed by atoms with Gasteiger partial charge in [-0.05, 0) is 43.5 Å². The van der Waals surface area contributed by atoms with Crippen LogP contribution in [0.5, 0.6) is 0 Å². The molecule has 2 heterocycles. The Hall–Kier alpha value is -1.39. The summed E-state index contributed by atoms with van der Waals surface area (Å²) in [5.41, 5.74) is 2.39. The first kappa shape index (κ1) is 16.0. The molecule has 1 atom stereocenters. The number of aryl methyl sites for hydroxylation is 1. The van der Waals surface area contributed by atoms with Crippen molar-refractivity contribution < 1.29 is 0 Å². The molecule has 2 aromatic rings. The molecule has 0 radical (unpaired) electrons. The van der Waals surface area contributed by atoms with Gasteiger partial charge in [-0.15, -0.1) is 11.3 Å². The predicted octanol–water partition coefficient (Wildman–Crippen LogP) is 3.63. The highest BCUT2D eigenvalue weighted by atomic mass is 32.1. The highest BCUT2D eigenvalue weighted by Gasteiger charge is 2.13. The van der Waals surface area contributed by atoms with E-state index in [2.05, 4.69) is 67.7 Å². The van der Waals surface area contributed by atoms with E-state index in [4.69, 9.17) is 4.98 Å². The van der Waals surface area contributed by atoms with Crippen molar-refractivity contribution in [1.29, 1.82) is 0 Å². The van der Waals surface area contributed by atoms with Crippen molar-refractivity contribution in [2.75, 3.05) is 18.5 Å². The van der Waals surface area contributed by atoms with Gasteiger partial charge >= 0.3 is 0 Å². The molecule has 2 rings (SSSR count). The first-order chi connectivity index (χ1) is 10.1. The molecule has 1 unspecified atom stereocenters. The molecule has 0 aliphatic heterocycles. The smallest absolute Gasteiger partial charge is 0.128 e. The minimum atomic E-state index is 0.440. The third-order valence-electron chi connectivity index (χ3n) is 3.85. The van der Waals surface area contributed by atoms with Crippen LogP contribution < -0.4 is 10.2 Å². The van der Waals surface area contributed by atoms with E-state index in [1.54, 1.807) is 0 Å². The quantitative estimate of drug-likeness (QED) is 0.846. The fourth-order valence-electron chi connectivity index (χ4n) is 2.30. The van der Waals surface area contributed by atoms with E-state index in [-0.39, 0.29) is 0 Å². The lowest BCUT2D eigenvalue weighted by atomic mass is 10.1. The van der Waals surface area contributed by atoms with Crippen molar-refractivity contribution in [2.45, 2.75) is 39.8 Å². The Morgan fingerprint density at radius 3 is 2.76 bits per heavy atom. The standard InChI is InChI=1S/C17H25N3S/c1-5-18-12-15-8-9-17(19-14(15)3)20(4)13(2)11-16-7-6-10-21-16/h6-10,13,18H,5,11-12H2,1-4H3. The van der Waals surface area contributed by atoms with Crippen LogP contribution in [-0.4, -0.2) is 24.6 Å². The Morgan fingerprint density at radius 2 is 2.14 bits per heavy atom. The van der Waals surface area contributed by atoms with Gasteiger partial charge in [0.25, 0.3) is 0 Å². The normalized spacial score (nSPS) is 12.4. The van der Waals surface area contributed by atoms with E-state index in [1.807, 2.05) is 11.3 Å². The molecule has 0 saturated heterocycles. The Bertz CT molecular complexity index is 551. The zero-order valence-corrected chi connectivity index (χ0v) is 14.2. The van der Waals surface area contributed by atoms with Crippen molar-refractivity contribution in [2.24, 2.45) is 0 Å². The largest absolute Gasteiger partial charge is 0.357 e. The summed E-state index contributed by atoms with van der Waals surface area (Å²) in [7, 11) is 2.13. The first-order valence-electron chi connectivity index (χ1n) is 7.54. The summed E-state index contributed by atoms with van der Waals surface area (Å²) in [5.74, 6) is 1.05. The predicted molar refractivity (Wildman–Crippen MR) is 92.2 cm³/mol. The molecule has 0 amide bonds. The summed E-state index contributed by atoms with van der Waals surface area (Å²) in [5, 5.41) is 5.49. The first-order valence-corrected chi connectivity index (χ1v) is 8.42. The minimum Gasteiger partial charge on any atom is -0.357 e. The van der Waals surface area contributed by atoms with Crippen LogP contribution in [0.2, 0.25) is 0 Å². The summed E-state index contributed by atoms with van der Waals surface area (Å²) in [6.07, 6.45) is 1.06. The number of likely N-dealkylation sites (N-methyl/N-ethyl adjacent to an activating group) is 1. The van der Waals surface area contributed by atoms with Gasteiger partial charge in [-0.1, -0.05) is 19.1 Å². The number of anilines is 1. The van der Waals surface area contributed by atoms with Gasteiger partial charge in [0.1, 0.15) is 5.82 Å². The summed E-state index contributed by atoms with van der Waals surface area (Å²) in [6.45, 7) is 8.34. The minimum absolute atomic E-state index is 0.440. The van der Waals surface area contributed by atoms with Gasteiger partial charge in [0.05, 0.1) is 0 Å². The number of rotatable bonds is 7. The lowest BCUT2D eigenvalue weighted by molar-refractivity contribution is 0.676. The second-order valence-electron chi connectivity index (χ2n) is 5.44. The highest BCUT2D eigenvalue weighted by molar-refractivity contribution is 7.09. The molecule has 0 bridgehead atoms. The van der Waals surface area contributed by atoms with Gasteiger partial charge < -0.3 is 10.2 Å². The summed E-state index contributed by atoms with van der Waals surface area (Å²) >= 11 is 1.82. The second kappa shape index (κ2) is 7.57. The lowest BCUT2D eigenvalue weighted by Crippen LogP contribution is -2.31. The van der Waals surface area contributed by atoms with Gasteiger partial charge in [-0.2, -0.15) is 0 Å². The molecule has 0 aliphatic carbocycles. The third kappa shape index (κ3) is 4.29. The van der Waals surface area contributed by atoms with E-state index < -0.39 is 0 Å². The average molecular weight is 303 g/mol. The lowest BCUT2D eigenvalue weighted by Gasteiger charge is -2.26. The molecule has 0 saturated carbocycles. The number of nitrogens with one attached hydrogen (secondary N) is 1. The van der Waals surface area contributed by atoms with E-state index >= 15 is 0 Å². The molecule has 0 fully saturated rings. The number of thiophene rings is 1. The maximum atomic E-state index is 4.77. The van der Waals surface area contributed by atoms with Crippen LogP contribution in [0.4, 0.5) is 5.82 Å². The molecule has 114 valence electrons. The van der Waals surface area contributed by atoms with Crippen LogP contribution in [0.15, 0.2) is 29.6 Å². The summed E-state index contributed by atoms with van der Waals surface area (Å²) in [4.78, 5) is 8.46. The van der Waals surface area contributed by atoms with E-state index in [1.165, 1.54) is 10.4 Å². The second-order valence-corrected chi connectivity index (χ2v) is 6.47. The van der Waals surface area contributed by atoms with Crippen molar-refractivity contribution >= 4 is 17.2 Å². The van der Waals surface area contributed by atoms with Crippen LogP contribution in [0.25, 0.3) is 0 Å². The molecule has 21 heavy (non-hydrogen) atoms. The van der Waals surface area contributed by atoms with Crippen LogP contribution in [0, 0.1) is 6.92 Å². The van der Waals surface area contributed by atoms with Gasteiger partial charge in [0, 0.05) is 36.6 Å². The van der Waals surface area contributed by atoms with Crippen molar-refractivity contribution in [1.82, 2.24) is 10.3 Å². The molecule has 0 spiro atoms. The SMILES string of the molecule is CCNCc1ccc(N(C)C(C)Cc2cccs2)nc1C. The fraction of sp³-hybridized carbons (Fsp3) is 0.471. The Balaban J connectivity index is 2.04. The number of aromatic nitrogens is 1. The van der Waals surface area contributed by atoms with E-state index in [0.717, 1.165) is 31.0 Å². The maximum Gasteiger partial charge on any atom is 0.128 e. The van der Waals surface area contributed by atoms with Gasteiger partial charge in [-0.3, -0.25) is 0 Å². The van der Waals surface area contributed by atoms with Crippen LogP contribution in [-0.2, 0) is 13.0 Å². The average Bonchev–Trinajstić information content (AvgIpc) is 2.98. The van der Waals surface area contributed by atoms with Crippen molar-refractivity contribution in [3.8, 4) is 0 Å². The topological polar surface area (TPSA) is 28.2 Å². The van der Waals surface area contributed by atoms with Gasteiger partial charge in [0.2, 0.25) is 0 Å². The molecule has 0 aromatic carbocycles. The van der Waals surface area contributed by atoms with E-state index in [0.29, 0.717) is 6.04 Å². The Labute approximate surface area is 132 Å². The monoisotopic (exact) mass is 303 g/mol. The molecule has 4 heteroatoms. The molecular weight excluding hydrogens is 278 g/mol. The number of hydrogen-bond donors (Lipinski definition) is 1. The van der Waals surface area contributed by atoms with Crippen LogP contribution >= 0.6 is 11.3 Å². The van der Waals surface area contributed by atoms with Crippen LogP contribution in [0.1, 0.15) is 30.0 Å². The maximum absolute atomic E-state index is 4.77. The van der Waals surface area contributed by atoms with Crippen molar-refractivity contribution in [3.05, 3.63) is 45.8 Å². The van der Waals surface area contributed by atoms with Crippen molar-refractivity contribution in [3.63, 3.8) is 0 Å². The number of hydrogen-bond acceptors (Lipinski definition) is 4. The zero-order valence-electron chi connectivity index (χ0n) is 13.4. The number of nitrogens with zero attached hydrogens (tertiary/aromatic N) is 2. The molecule has 2 aromatic heterocycles. The zero-order chi connectivity index (χ0) is 15.2. The third-order valence-corrected chi connectivity index (χ3v) is 4.74. The molecule has 3 nitrogen and oxygen atoms in total. The highest BCUT2D eigenvalue weighted by Crippen LogP contribution is 2.19. The molecule has 1 N–H and O–H groups in total. The van der Waals surface area contributed by atoms with Gasteiger partial charge in [-0.25, -0.2) is 4.98 Å². The molecular formula is C17H25N3S. The van der Waals surface area contributed by atoms with Crippen LogP contribution in [0.3, 0.4) is 0 Å². The Morgan fingerprint density at radius 1 is 1.33 bits per heavy atom. The van der Waals surface area contributed by atoms with Gasteiger partial charge in [0.15, 0.2) is 0 Å². The molecule has 0 aliphatic rings. The summed E-state index contributed by atoms with van der Waals surface area (Å²) in [6, 6.07) is 9.08. The Kier molecular flexibility index (Phi) is 5.76. The number of pyridine rings is 1.